The summed E-state index contributed by atoms with van der Waals surface area (Å²) >= 11 is 7.85. The van der Waals surface area contributed by atoms with Crippen LogP contribution >= 0.6 is 23.4 Å². The summed E-state index contributed by atoms with van der Waals surface area (Å²) in [5.41, 5.74) is 2.76. The Kier molecular flexibility index (Phi) is 3.95. The lowest BCUT2D eigenvalue weighted by Gasteiger charge is -2.25. The van der Waals surface area contributed by atoms with Crippen molar-refractivity contribution in [3.63, 3.8) is 0 Å². The number of hydrogen-bond acceptors (Lipinski definition) is 1. The zero-order chi connectivity index (χ0) is 13.1. The highest BCUT2D eigenvalue weighted by Crippen LogP contribution is 2.43. The molecular weight excluding hydrogens is 272 g/mol. The van der Waals surface area contributed by atoms with Crippen molar-refractivity contribution in [3.8, 4) is 0 Å². The number of rotatable bonds is 2. The van der Waals surface area contributed by atoms with Gasteiger partial charge in [-0.15, -0.1) is 11.8 Å². The minimum absolute atomic E-state index is 0.517. The predicted molar refractivity (Wildman–Crippen MR) is 84.7 cm³/mol. The van der Waals surface area contributed by atoms with Gasteiger partial charge in [-0.2, -0.15) is 0 Å². The zero-order valence-corrected chi connectivity index (χ0v) is 12.1. The molecule has 0 aliphatic carbocycles. The smallest absolute Gasteiger partial charge is 0.0406 e. The first kappa shape index (κ1) is 12.8. The van der Waals surface area contributed by atoms with Gasteiger partial charge in [0.1, 0.15) is 0 Å². The molecule has 0 radical (unpaired) electrons. The third-order valence-electron chi connectivity index (χ3n) is 3.49. The van der Waals surface area contributed by atoms with Gasteiger partial charge in [0.25, 0.3) is 0 Å². The van der Waals surface area contributed by atoms with Gasteiger partial charge in [0, 0.05) is 16.2 Å². The Morgan fingerprint density at radius 3 is 2.37 bits per heavy atom. The molecule has 1 aliphatic heterocycles. The third kappa shape index (κ3) is 3.05. The molecule has 96 valence electrons. The molecule has 0 aromatic heterocycles. The zero-order valence-electron chi connectivity index (χ0n) is 10.5. The van der Waals surface area contributed by atoms with E-state index in [-0.39, 0.29) is 0 Å². The molecule has 0 saturated heterocycles. The van der Waals surface area contributed by atoms with Crippen molar-refractivity contribution in [2.75, 3.05) is 0 Å². The predicted octanol–water partition coefficient (Wildman–Crippen LogP) is 5.82. The summed E-state index contributed by atoms with van der Waals surface area (Å²) in [5, 5.41) is 3.56. The minimum Gasteiger partial charge on any atom is -0.126 e. The van der Waals surface area contributed by atoms with Crippen molar-refractivity contribution >= 4 is 23.4 Å². The first-order valence-electron chi connectivity index (χ1n) is 6.45. The molecule has 0 amide bonds. The highest BCUT2D eigenvalue weighted by molar-refractivity contribution is 8.02. The van der Waals surface area contributed by atoms with E-state index >= 15 is 0 Å². The molecule has 0 nitrogen and oxygen atoms in total. The average molecular weight is 287 g/mol. The van der Waals surface area contributed by atoms with Gasteiger partial charge in [-0.25, -0.2) is 0 Å². The molecule has 0 unspecified atom stereocenters. The van der Waals surface area contributed by atoms with Gasteiger partial charge in [0.15, 0.2) is 0 Å². The van der Waals surface area contributed by atoms with Crippen LogP contribution in [0, 0.1) is 0 Å². The molecule has 2 aromatic carbocycles. The van der Waals surface area contributed by atoms with Gasteiger partial charge in [0.2, 0.25) is 0 Å². The highest BCUT2D eigenvalue weighted by Gasteiger charge is 2.21. The maximum atomic E-state index is 5.95. The topological polar surface area (TPSA) is 0 Å². The van der Waals surface area contributed by atoms with E-state index in [1.54, 1.807) is 0 Å². The lowest BCUT2D eigenvalue weighted by Crippen LogP contribution is -2.05. The average Bonchev–Trinajstić information content (AvgIpc) is 2.49. The quantitative estimate of drug-likeness (QED) is 0.671. The van der Waals surface area contributed by atoms with Crippen LogP contribution in [-0.2, 0) is 0 Å². The largest absolute Gasteiger partial charge is 0.126 e. The summed E-state index contributed by atoms with van der Waals surface area (Å²) < 4.78 is 0. The van der Waals surface area contributed by atoms with Gasteiger partial charge in [-0.3, -0.25) is 0 Å². The van der Waals surface area contributed by atoms with Crippen LogP contribution in [0.1, 0.15) is 28.7 Å². The molecule has 2 aromatic rings. The second-order valence-corrected chi connectivity index (χ2v) is 6.31. The Balaban J connectivity index is 1.80. The van der Waals surface area contributed by atoms with Gasteiger partial charge in [-0.1, -0.05) is 60.1 Å². The molecule has 3 rings (SSSR count). The lowest BCUT2D eigenvalue weighted by atomic mass is 9.92. The summed E-state index contributed by atoms with van der Waals surface area (Å²) in [4.78, 5) is 0. The van der Waals surface area contributed by atoms with E-state index in [1.807, 2.05) is 23.9 Å². The van der Waals surface area contributed by atoms with Gasteiger partial charge >= 0.3 is 0 Å². The molecule has 0 bridgehead atoms. The monoisotopic (exact) mass is 286 g/mol. The summed E-state index contributed by atoms with van der Waals surface area (Å²) in [6.07, 6.45) is 3.46. The first-order chi connectivity index (χ1) is 9.33. The van der Waals surface area contributed by atoms with Crippen LogP contribution in [0.2, 0.25) is 5.02 Å². The molecule has 1 heterocycles. The number of allylic oxidation sites excluding steroid dienone is 1. The summed E-state index contributed by atoms with van der Waals surface area (Å²) in [6.45, 7) is 0. The Bertz CT molecular complexity index is 560. The van der Waals surface area contributed by atoms with Crippen molar-refractivity contribution in [1.82, 2.24) is 0 Å². The maximum absolute atomic E-state index is 5.95. The van der Waals surface area contributed by atoms with Crippen LogP contribution in [0.3, 0.4) is 0 Å². The van der Waals surface area contributed by atoms with E-state index in [0.717, 1.165) is 11.4 Å². The molecule has 0 spiro atoms. The Hall–Kier alpha value is -1.18. The molecule has 0 fully saturated rings. The van der Waals surface area contributed by atoms with E-state index < -0.39 is 0 Å². The van der Waals surface area contributed by atoms with Crippen LogP contribution in [0.5, 0.6) is 0 Å². The van der Waals surface area contributed by atoms with Crippen molar-refractivity contribution in [1.29, 1.82) is 0 Å². The second-order valence-electron chi connectivity index (χ2n) is 4.76. The van der Waals surface area contributed by atoms with Crippen LogP contribution in [0.4, 0.5) is 0 Å². The number of hydrogen-bond donors (Lipinski definition) is 0. The molecule has 0 saturated carbocycles. The van der Waals surface area contributed by atoms with Gasteiger partial charge < -0.3 is 0 Å². The number of thioether (sulfide) groups is 1. The fourth-order valence-corrected chi connectivity index (χ4v) is 3.67. The summed E-state index contributed by atoms with van der Waals surface area (Å²) in [6, 6.07) is 19.0. The van der Waals surface area contributed by atoms with E-state index in [1.165, 1.54) is 11.1 Å². The number of halogens is 1. The normalized spacial score (nSPS) is 22.4. The first-order valence-corrected chi connectivity index (χ1v) is 7.77. The molecule has 1 aliphatic rings. The highest BCUT2D eigenvalue weighted by atomic mass is 35.5. The standard InChI is InChI=1S/C17H15ClS/c18-16-8-6-14(7-9-16)17-12-15(10-11-19-17)13-4-2-1-3-5-13/h1-11,15,17H,12H2/t15-,17+/m0/s1. The molecule has 0 N–H and O–H groups in total. The number of benzene rings is 2. The van der Waals surface area contributed by atoms with Crippen molar-refractivity contribution in [3.05, 3.63) is 82.2 Å². The Morgan fingerprint density at radius 1 is 0.895 bits per heavy atom. The maximum Gasteiger partial charge on any atom is 0.0406 e. The minimum atomic E-state index is 0.517. The van der Waals surface area contributed by atoms with Gasteiger partial charge in [-0.05, 0) is 35.1 Å². The third-order valence-corrected chi connectivity index (χ3v) is 4.85. The molecule has 2 atom stereocenters. The summed E-state index contributed by atoms with van der Waals surface area (Å²) in [7, 11) is 0. The van der Waals surface area contributed by atoms with Crippen LogP contribution in [-0.4, -0.2) is 0 Å². The van der Waals surface area contributed by atoms with Crippen LogP contribution in [0.15, 0.2) is 66.1 Å². The second kappa shape index (κ2) is 5.85. The fourth-order valence-electron chi connectivity index (χ4n) is 2.44. The van der Waals surface area contributed by atoms with E-state index in [4.69, 9.17) is 11.6 Å². The molecule has 19 heavy (non-hydrogen) atoms. The van der Waals surface area contributed by atoms with Crippen molar-refractivity contribution in [2.45, 2.75) is 17.6 Å². The van der Waals surface area contributed by atoms with E-state index in [2.05, 4.69) is 53.9 Å². The Labute approximate surface area is 123 Å². The van der Waals surface area contributed by atoms with Crippen molar-refractivity contribution < 1.29 is 0 Å². The van der Waals surface area contributed by atoms with Gasteiger partial charge in [0.05, 0.1) is 0 Å². The van der Waals surface area contributed by atoms with E-state index in [0.29, 0.717) is 11.2 Å². The lowest BCUT2D eigenvalue weighted by molar-refractivity contribution is 0.718. The van der Waals surface area contributed by atoms with Crippen LogP contribution < -0.4 is 0 Å². The van der Waals surface area contributed by atoms with Crippen LogP contribution in [0.25, 0.3) is 0 Å². The SMILES string of the molecule is Clc1ccc([C@H]2C[C@@H](c3ccccc3)C=CS2)cc1. The summed E-state index contributed by atoms with van der Waals surface area (Å²) in [5.74, 6) is 0.517. The fraction of sp³-hybridized carbons (Fsp3) is 0.176. The Morgan fingerprint density at radius 2 is 1.63 bits per heavy atom. The molecular formula is C17H15ClS. The molecule has 2 heteroatoms. The van der Waals surface area contributed by atoms with E-state index in [9.17, 15) is 0 Å². The van der Waals surface area contributed by atoms with Crippen molar-refractivity contribution in [2.24, 2.45) is 0 Å².